The number of aromatic nitrogens is 2. The Balaban J connectivity index is 1.76. The highest BCUT2D eigenvalue weighted by atomic mass is 16.2. The van der Waals surface area contributed by atoms with Crippen molar-refractivity contribution < 1.29 is 9.59 Å². The molecular weight excluding hydrogens is 330 g/mol. The molecule has 0 radical (unpaired) electrons. The van der Waals surface area contributed by atoms with Crippen LogP contribution in [0.3, 0.4) is 0 Å². The van der Waals surface area contributed by atoms with Crippen molar-refractivity contribution in [3.8, 4) is 0 Å². The first-order valence-corrected chi connectivity index (χ1v) is 9.41. The molecule has 2 aliphatic rings. The van der Waals surface area contributed by atoms with Gasteiger partial charge in [-0.3, -0.25) is 19.2 Å². The summed E-state index contributed by atoms with van der Waals surface area (Å²) in [5, 5.41) is 4.22. The Bertz CT molecular complexity index is 685. The van der Waals surface area contributed by atoms with E-state index in [4.69, 9.17) is 0 Å². The second-order valence-electron chi connectivity index (χ2n) is 7.34. The highest BCUT2D eigenvalue weighted by Gasteiger charge is 2.43. The van der Waals surface area contributed by atoms with Crippen molar-refractivity contribution in [3.05, 3.63) is 30.6 Å². The lowest BCUT2D eigenvalue weighted by atomic mass is 9.86. The monoisotopic (exact) mass is 359 g/mol. The van der Waals surface area contributed by atoms with E-state index in [1.807, 2.05) is 22.9 Å². The number of hydrogen-bond donors (Lipinski definition) is 0. The molecule has 1 atom stereocenters. The maximum absolute atomic E-state index is 12.9. The summed E-state index contributed by atoms with van der Waals surface area (Å²) in [5.74, 6) is 0.221. The number of likely N-dealkylation sites (tertiary alicyclic amines) is 1. The van der Waals surface area contributed by atoms with Crippen LogP contribution in [0.2, 0.25) is 0 Å². The summed E-state index contributed by atoms with van der Waals surface area (Å²) in [6.45, 7) is 10.0. The topological polar surface area (TPSA) is 61.7 Å². The highest BCUT2D eigenvalue weighted by Crippen LogP contribution is 2.32. The second kappa shape index (κ2) is 7.61. The van der Waals surface area contributed by atoms with Crippen molar-refractivity contribution in [2.75, 3.05) is 39.8 Å². The van der Waals surface area contributed by atoms with Gasteiger partial charge in [-0.1, -0.05) is 6.08 Å². The molecule has 2 aliphatic heterocycles. The van der Waals surface area contributed by atoms with E-state index >= 15 is 0 Å². The van der Waals surface area contributed by atoms with Crippen molar-refractivity contribution in [3.63, 3.8) is 0 Å². The van der Waals surface area contributed by atoms with Crippen LogP contribution in [0.4, 0.5) is 0 Å². The average Bonchev–Trinajstić information content (AvgIpc) is 3.08. The predicted octanol–water partition coefficient (Wildman–Crippen LogP) is 1.23. The van der Waals surface area contributed by atoms with Crippen molar-refractivity contribution in [2.24, 2.45) is 0 Å². The van der Waals surface area contributed by atoms with E-state index < -0.39 is 0 Å². The maximum Gasteiger partial charge on any atom is 0.257 e. The number of carbonyl (C=O) groups excluding carboxylic acids is 2. The lowest BCUT2D eigenvalue weighted by Crippen LogP contribution is -2.62. The molecular formula is C19H29N5O2. The van der Waals surface area contributed by atoms with Gasteiger partial charge in [0, 0.05) is 57.4 Å². The molecule has 2 fully saturated rings. The first-order chi connectivity index (χ1) is 12.5. The molecule has 2 amide bonds. The maximum atomic E-state index is 12.9. The molecule has 1 aromatic rings. The lowest BCUT2D eigenvalue weighted by Gasteiger charge is -2.49. The largest absolute Gasteiger partial charge is 0.339 e. The van der Waals surface area contributed by atoms with Crippen LogP contribution in [-0.2, 0) is 11.3 Å². The molecule has 1 spiro atoms. The average molecular weight is 359 g/mol. The van der Waals surface area contributed by atoms with Gasteiger partial charge in [-0.25, -0.2) is 0 Å². The van der Waals surface area contributed by atoms with E-state index in [9.17, 15) is 9.59 Å². The van der Waals surface area contributed by atoms with Gasteiger partial charge in [0.05, 0.1) is 11.8 Å². The van der Waals surface area contributed by atoms with Crippen molar-refractivity contribution >= 4 is 11.8 Å². The van der Waals surface area contributed by atoms with E-state index in [-0.39, 0.29) is 17.4 Å². The van der Waals surface area contributed by atoms with Gasteiger partial charge in [0.1, 0.15) is 0 Å². The van der Waals surface area contributed by atoms with Gasteiger partial charge >= 0.3 is 0 Å². The Hall–Kier alpha value is -2.15. The molecule has 142 valence electrons. The highest BCUT2D eigenvalue weighted by molar-refractivity contribution is 5.93. The standard InChI is InChI=1S/C19H29N5O2/c1-4-9-22-10-8-19(7-6-17(22)25)15-23(12-11-21(19)3)18(26)16-13-20-24(5-2)14-16/h4,13-14H,1,5-12,15H2,2-3H3/t19-/m1/s1. The van der Waals surface area contributed by atoms with E-state index in [0.29, 0.717) is 38.2 Å². The van der Waals surface area contributed by atoms with Gasteiger partial charge in [0.15, 0.2) is 0 Å². The normalized spacial score (nSPS) is 24.8. The third kappa shape index (κ3) is 3.53. The number of rotatable bonds is 4. The summed E-state index contributed by atoms with van der Waals surface area (Å²) in [7, 11) is 2.12. The molecule has 0 saturated carbocycles. The summed E-state index contributed by atoms with van der Waals surface area (Å²) in [6.07, 6.45) is 7.43. The number of carbonyl (C=O) groups is 2. The fourth-order valence-corrected chi connectivity index (χ4v) is 4.05. The van der Waals surface area contributed by atoms with Gasteiger partial charge in [0.25, 0.3) is 5.91 Å². The summed E-state index contributed by atoms with van der Waals surface area (Å²) >= 11 is 0. The summed E-state index contributed by atoms with van der Waals surface area (Å²) < 4.78 is 1.77. The molecule has 0 unspecified atom stereocenters. The Morgan fingerprint density at radius 3 is 2.85 bits per heavy atom. The van der Waals surface area contributed by atoms with Crippen molar-refractivity contribution in [2.45, 2.75) is 38.3 Å². The van der Waals surface area contributed by atoms with Crippen LogP contribution < -0.4 is 0 Å². The zero-order valence-corrected chi connectivity index (χ0v) is 15.9. The molecule has 0 aliphatic carbocycles. The number of piperazine rings is 1. The van der Waals surface area contributed by atoms with Crippen LogP contribution in [0.15, 0.2) is 25.0 Å². The summed E-state index contributed by atoms with van der Waals surface area (Å²) in [5.41, 5.74) is 0.504. The fourth-order valence-electron chi connectivity index (χ4n) is 4.05. The third-order valence-corrected chi connectivity index (χ3v) is 5.85. The van der Waals surface area contributed by atoms with Gasteiger partial charge in [-0.05, 0) is 26.8 Å². The number of aryl methyl sites for hydroxylation is 1. The quantitative estimate of drug-likeness (QED) is 0.759. The van der Waals surface area contributed by atoms with E-state index in [1.165, 1.54) is 0 Å². The third-order valence-electron chi connectivity index (χ3n) is 5.85. The molecule has 26 heavy (non-hydrogen) atoms. The Morgan fingerprint density at radius 2 is 2.15 bits per heavy atom. The lowest BCUT2D eigenvalue weighted by molar-refractivity contribution is -0.130. The van der Waals surface area contributed by atoms with E-state index in [2.05, 4.69) is 23.6 Å². The zero-order valence-electron chi connectivity index (χ0n) is 15.9. The molecule has 1 aromatic heterocycles. The van der Waals surface area contributed by atoms with Gasteiger partial charge in [-0.15, -0.1) is 6.58 Å². The van der Waals surface area contributed by atoms with Crippen LogP contribution in [0, 0.1) is 0 Å². The molecule has 7 heteroatoms. The number of amides is 2. The van der Waals surface area contributed by atoms with Crippen molar-refractivity contribution in [1.82, 2.24) is 24.5 Å². The van der Waals surface area contributed by atoms with Crippen LogP contribution in [0.1, 0.15) is 36.5 Å². The minimum atomic E-state index is -0.139. The van der Waals surface area contributed by atoms with Crippen LogP contribution in [-0.4, -0.2) is 81.6 Å². The van der Waals surface area contributed by atoms with E-state index in [0.717, 1.165) is 25.9 Å². The number of nitrogens with zero attached hydrogens (tertiary/aromatic N) is 5. The number of hydrogen-bond acceptors (Lipinski definition) is 4. The Kier molecular flexibility index (Phi) is 5.46. The smallest absolute Gasteiger partial charge is 0.257 e. The Morgan fingerprint density at radius 1 is 1.35 bits per heavy atom. The van der Waals surface area contributed by atoms with Gasteiger partial charge < -0.3 is 9.80 Å². The van der Waals surface area contributed by atoms with Crippen LogP contribution >= 0.6 is 0 Å². The molecule has 7 nitrogen and oxygen atoms in total. The van der Waals surface area contributed by atoms with Crippen LogP contribution in [0.5, 0.6) is 0 Å². The molecule has 3 heterocycles. The number of likely N-dealkylation sites (N-methyl/N-ethyl adjacent to an activating group) is 1. The minimum absolute atomic E-state index is 0.0377. The van der Waals surface area contributed by atoms with Gasteiger partial charge in [-0.2, -0.15) is 5.10 Å². The zero-order chi connectivity index (χ0) is 18.7. The molecule has 0 N–H and O–H groups in total. The second-order valence-corrected chi connectivity index (χ2v) is 7.34. The summed E-state index contributed by atoms with van der Waals surface area (Å²) in [6, 6.07) is 0. The van der Waals surface area contributed by atoms with Crippen molar-refractivity contribution in [1.29, 1.82) is 0 Å². The Labute approximate surface area is 155 Å². The van der Waals surface area contributed by atoms with E-state index in [1.54, 1.807) is 17.0 Å². The molecule has 0 aromatic carbocycles. The SMILES string of the molecule is C=CCN1CC[C@]2(CCC1=O)CN(C(=O)c1cnn(CC)c1)CCN2C. The summed E-state index contributed by atoms with van der Waals surface area (Å²) in [4.78, 5) is 31.5. The van der Waals surface area contributed by atoms with Gasteiger partial charge in [0.2, 0.25) is 5.91 Å². The minimum Gasteiger partial charge on any atom is -0.339 e. The van der Waals surface area contributed by atoms with Crippen LogP contribution in [0.25, 0.3) is 0 Å². The predicted molar refractivity (Wildman–Crippen MR) is 99.8 cm³/mol. The fraction of sp³-hybridized carbons (Fsp3) is 0.632. The first-order valence-electron chi connectivity index (χ1n) is 9.41. The molecule has 3 rings (SSSR count). The molecule has 0 bridgehead atoms. The first kappa shape index (κ1) is 18.6. The molecule has 2 saturated heterocycles.